The maximum atomic E-state index is 13.4. The quantitative estimate of drug-likeness (QED) is 0.590. The Hall–Kier alpha value is -4.20. The number of esters is 2. The topological polar surface area (TPSA) is 90.9 Å². The van der Waals surface area contributed by atoms with Crippen molar-refractivity contribution in [3.63, 3.8) is 0 Å². The Labute approximate surface area is 177 Å². The van der Waals surface area contributed by atoms with Crippen molar-refractivity contribution in [3.8, 4) is 11.5 Å². The van der Waals surface area contributed by atoms with Crippen molar-refractivity contribution in [1.29, 1.82) is 0 Å². The molecule has 0 radical (unpaired) electrons. The fraction of sp³-hybridized carbons (Fsp3) is 0.0870. The summed E-state index contributed by atoms with van der Waals surface area (Å²) in [6.07, 6.45) is 0. The van der Waals surface area contributed by atoms with Crippen molar-refractivity contribution in [2.45, 2.75) is 0 Å². The van der Waals surface area contributed by atoms with Crippen LogP contribution in [0.15, 0.2) is 66.7 Å². The molecule has 0 aliphatic carbocycles. The summed E-state index contributed by atoms with van der Waals surface area (Å²) < 4.78 is 28.6. The number of hydrogen-bond donors (Lipinski definition) is 1. The van der Waals surface area contributed by atoms with E-state index in [2.05, 4.69) is 10.1 Å². The highest BCUT2D eigenvalue weighted by molar-refractivity contribution is 6.05. The number of rotatable bonds is 6. The van der Waals surface area contributed by atoms with Crippen LogP contribution in [0.4, 0.5) is 10.1 Å². The summed E-state index contributed by atoms with van der Waals surface area (Å²) in [5, 5.41) is 2.67. The van der Waals surface area contributed by atoms with Crippen molar-refractivity contribution < 1.29 is 33.0 Å². The minimum absolute atomic E-state index is 0.0226. The van der Waals surface area contributed by atoms with Crippen molar-refractivity contribution >= 4 is 23.5 Å². The fourth-order valence-corrected chi connectivity index (χ4v) is 2.76. The predicted octanol–water partition coefficient (Wildman–Crippen LogP) is 4.44. The largest absolute Gasteiger partial charge is 0.465 e. The molecule has 3 aromatic rings. The number of carbonyl (C=O) groups is 3. The molecule has 158 valence electrons. The summed E-state index contributed by atoms with van der Waals surface area (Å²) in [6.45, 7) is 0. The monoisotopic (exact) mass is 423 g/mol. The van der Waals surface area contributed by atoms with Gasteiger partial charge in [0.25, 0.3) is 5.91 Å². The van der Waals surface area contributed by atoms with Gasteiger partial charge in [0.05, 0.1) is 31.0 Å². The summed E-state index contributed by atoms with van der Waals surface area (Å²) >= 11 is 0. The van der Waals surface area contributed by atoms with E-state index in [4.69, 9.17) is 9.47 Å². The Bertz CT molecular complexity index is 1140. The second-order valence-corrected chi connectivity index (χ2v) is 6.25. The van der Waals surface area contributed by atoms with Crippen molar-refractivity contribution in [1.82, 2.24) is 0 Å². The van der Waals surface area contributed by atoms with Crippen molar-refractivity contribution in [3.05, 3.63) is 89.2 Å². The molecule has 0 unspecified atom stereocenters. The minimum Gasteiger partial charge on any atom is -0.465 e. The van der Waals surface area contributed by atoms with Crippen LogP contribution in [0, 0.1) is 5.82 Å². The van der Waals surface area contributed by atoms with E-state index in [0.717, 1.165) is 6.07 Å². The molecule has 31 heavy (non-hydrogen) atoms. The van der Waals surface area contributed by atoms with E-state index >= 15 is 0 Å². The average Bonchev–Trinajstić information content (AvgIpc) is 2.79. The van der Waals surface area contributed by atoms with Crippen LogP contribution in [0.25, 0.3) is 0 Å². The molecule has 7 nitrogen and oxygen atoms in total. The summed E-state index contributed by atoms with van der Waals surface area (Å²) in [5.74, 6) is -1.99. The molecular weight excluding hydrogens is 405 g/mol. The number of anilines is 1. The summed E-state index contributed by atoms with van der Waals surface area (Å²) in [6, 6.07) is 16.1. The van der Waals surface area contributed by atoms with Gasteiger partial charge in [-0.3, -0.25) is 4.79 Å². The van der Waals surface area contributed by atoms with E-state index in [9.17, 15) is 18.8 Å². The Morgan fingerprint density at radius 3 is 2.23 bits per heavy atom. The number of para-hydroxylation sites is 2. The van der Waals surface area contributed by atoms with Gasteiger partial charge in [-0.1, -0.05) is 18.2 Å². The highest BCUT2D eigenvalue weighted by atomic mass is 19.1. The molecule has 1 amide bonds. The molecule has 0 atom stereocenters. The number of ether oxygens (including phenoxy) is 3. The number of carbonyl (C=O) groups excluding carboxylic acids is 3. The normalized spacial score (nSPS) is 10.2. The first kappa shape index (κ1) is 21.5. The molecular formula is C23H18FNO6. The first-order valence-electron chi connectivity index (χ1n) is 9.07. The van der Waals surface area contributed by atoms with Gasteiger partial charge in [-0.15, -0.1) is 0 Å². The number of benzene rings is 3. The van der Waals surface area contributed by atoms with Crippen LogP contribution < -0.4 is 10.1 Å². The molecule has 3 rings (SSSR count). The first-order chi connectivity index (χ1) is 14.9. The number of methoxy groups -OCH3 is 2. The Balaban J connectivity index is 1.89. The van der Waals surface area contributed by atoms with Gasteiger partial charge in [-0.05, 0) is 48.5 Å². The minimum atomic E-state index is -0.737. The summed E-state index contributed by atoms with van der Waals surface area (Å²) in [5.41, 5.74) is 0.459. The lowest BCUT2D eigenvalue weighted by Gasteiger charge is -2.14. The smallest absolute Gasteiger partial charge is 0.338 e. The highest BCUT2D eigenvalue weighted by Crippen LogP contribution is 2.31. The lowest BCUT2D eigenvalue weighted by atomic mass is 10.1. The molecule has 0 fully saturated rings. The molecule has 0 aliphatic rings. The number of nitrogens with one attached hydrogen (secondary N) is 1. The molecule has 0 saturated carbocycles. The molecule has 0 aliphatic heterocycles. The van der Waals surface area contributed by atoms with Gasteiger partial charge in [0, 0.05) is 5.56 Å². The van der Waals surface area contributed by atoms with Crippen LogP contribution in [-0.4, -0.2) is 32.1 Å². The Kier molecular flexibility index (Phi) is 6.61. The van der Waals surface area contributed by atoms with Gasteiger partial charge in [0.15, 0.2) is 5.75 Å². The van der Waals surface area contributed by atoms with Gasteiger partial charge in [0.2, 0.25) is 0 Å². The molecule has 0 aromatic heterocycles. The van der Waals surface area contributed by atoms with E-state index < -0.39 is 23.7 Å². The second kappa shape index (κ2) is 9.53. The van der Waals surface area contributed by atoms with Gasteiger partial charge >= 0.3 is 11.9 Å². The molecule has 0 bridgehead atoms. The maximum Gasteiger partial charge on any atom is 0.338 e. The van der Waals surface area contributed by atoms with Gasteiger partial charge in [-0.2, -0.15) is 0 Å². The zero-order valence-corrected chi connectivity index (χ0v) is 16.7. The van der Waals surface area contributed by atoms with Crippen LogP contribution in [0.3, 0.4) is 0 Å². The molecule has 0 spiro atoms. The lowest BCUT2D eigenvalue weighted by molar-refractivity contribution is 0.0555. The van der Waals surface area contributed by atoms with Gasteiger partial charge < -0.3 is 19.5 Å². The lowest BCUT2D eigenvalue weighted by Crippen LogP contribution is -2.13. The van der Waals surface area contributed by atoms with Crippen LogP contribution >= 0.6 is 0 Å². The van der Waals surface area contributed by atoms with Crippen LogP contribution in [-0.2, 0) is 9.47 Å². The third kappa shape index (κ3) is 5.05. The first-order valence-corrected chi connectivity index (χ1v) is 9.07. The SMILES string of the molecule is COC(=O)c1ccc(Oc2ccccc2NC(=O)c2cccc(F)c2)cc1C(=O)OC. The summed E-state index contributed by atoms with van der Waals surface area (Å²) in [7, 11) is 2.39. The van der Waals surface area contributed by atoms with Crippen LogP contribution in [0.5, 0.6) is 11.5 Å². The predicted molar refractivity (Wildman–Crippen MR) is 110 cm³/mol. The van der Waals surface area contributed by atoms with Gasteiger partial charge in [0.1, 0.15) is 11.6 Å². The zero-order valence-electron chi connectivity index (χ0n) is 16.7. The standard InChI is InChI=1S/C23H18FNO6/c1-29-22(27)17-11-10-16(13-18(17)23(28)30-2)31-20-9-4-3-8-19(20)25-21(26)14-6-5-7-15(24)12-14/h3-13H,1-2H3,(H,25,26). The number of hydrogen-bond acceptors (Lipinski definition) is 6. The molecule has 3 aromatic carbocycles. The van der Waals surface area contributed by atoms with E-state index in [0.29, 0.717) is 5.69 Å². The van der Waals surface area contributed by atoms with Crippen LogP contribution in [0.2, 0.25) is 0 Å². The van der Waals surface area contributed by atoms with Crippen molar-refractivity contribution in [2.75, 3.05) is 19.5 Å². The summed E-state index contributed by atoms with van der Waals surface area (Å²) in [4.78, 5) is 36.5. The van der Waals surface area contributed by atoms with Crippen molar-refractivity contribution in [2.24, 2.45) is 0 Å². The Morgan fingerprint density at radius 1 is 0.806 bits per heavy atom. The van der Waals surface area contributed by atoms with E-state index in [1.807, 2.05) is 0 Å². The fourth-order valence-electron chi connectivity index (χ4n) is 2.76. The second-order valence-electron chi connectivity index (χ2n) is 6.25. The van der Waals surface area contributed by atoms with E-state index in [-0.39, 0.29) is 28.2 Å². The third-order valence-electron chi connectivity index (χ3n) is 4.25. The molecule has 8 heteroatoms. The molecule has 0 saturated heterocycles. The average molecular weight is 423 g/mol. The van der Waals surface area contributed by atoms with E-state index in [1.54, 1.807) is 24.3 Å². The molecule has 1 N–H and O–H groups in total. The number of amides is 1. The third-order valence-corrected chi connectivity index (χ3v) is 4.25. The van der Waals surface area contributed by atoms with Crippen LogP contribution in [0.1, 0.15) is 31.1 Å². The zero-order chi connectivity index (χ0) is 22.4. The molecule has 0 heterocycles. The van der Waals surface area contributed by atoms with Gasteiger partial charge in [-0.25, -0.2) is 14.0 Å². The Morgan fingerprint density at radius 2 is 1.52 bits per heavy atom. The highest BCUT2D eigenvalue weighted by Gasteiger charge is 2.20. The maximum absolute atomic E-state index is 13.4. The van der Waals surface area contributed by atoms with E-state index in [1.165, 1.54) is 50.6 Å². The number of halogens is 1.